The van der Waals surface area contributed by atoms with Crippen LogP contribution in [-0.4, -0.2) is 16.7 Å². The van der Waals surface area contributed by atoms with Crippen molar-refractivity contribution in [2.24, 2.45) is 17.8 Å². The van der Waals surface area contributed by atoms with Crippen molar-refractivity contribution in [2.75, 3.05) is 5.73 Å². The van der Waals surface area contributed by atoms with Crippen LogP contribution in [0.1, 0.15) is 31.7 Å². The topological polar surface area (TPSA) is 63.4 Å². The maximum absolute atomic E-state index is 12.5. The van der Waals surface area contributed by atoms with E-state index in [2.05, 4.69) is 6.92 Å². The maximum Gasteiger partial charge on any atom is 0.233 e. The normalized spacial score (nSPS) is 28.3. The summed E-state index contributed by atoms with van der Waals surface area (Å²) in [7, 11) is 0. The number of rotatable bonds is 3. The number of carbonyl (C=O) groups is 2. The van der Waals surface area contributed by atoms with E-state index in [1.807, 2.05) is 0 Å². The van der Waals surface area contributed by atoms with Gasteiger partial charge < -0.3 is 5.73 Å². The number of nitrogens with two attached hydrogens (primary N) is 1. The van der Waals surface area contributed by atoms with Crippen molar-refractivity contribution < 1.29 is 9.59 Å². The first-order chi connectivity index (χ1) is 10.0. The Kier molecular flexibility index (Phi) is 3.66. The van der Waals surface area contributed by atoms with Crippen LogP contribution in [0.25, 0.3) is 0 Å². The maximum atomic E-state index is 12.5. The molecule has 1 aromatic carbocycles. The second-order valence-electron chi connectivity index (χ2n) is 6.03. The molecule has 1 saturated carbocycles. The number of amides is 2. The van der Waals surface area contributed by atoms with E-state index in [0.29, 0.717) is 22.2 Å². The highest BCUT2D eigenvalue weighted by Crippen LogP contribution is 2.45. The molecule has 1 saturated heterocycles. The molecule has 5 heteroatoms. The van der Waals surface area contributed by atoms with Gasteiger partial charge in [0.05, 0.1) is 18.4 Å². The van der Waals surface area contributed by atoms with Crippen molar-refractivity contribution in [2.45, 2.75) is 32.7 Å². The van der Waals surface area contributed by atoms with Gasteiger partial charge in [-0.25, -0.2) is 0 Å². The van der Waals surface area contributed by atoms with Crippen LogP contribution in [-0.2, 0) is 16.1 Å². The Bertz CT molecular complexity index is 558. The Morgan fingerprint density at radius 3 is 2.38 bits per heavy atom. The molecule has 2 atom stereocenters. The smallest absolute Gasteiger partial charge is 0.233 e. The summed E-state index contributed by atoms with van der Waals surface area (Å²) >= 11 is 6.14. The van der Waals surface area contributed by atoms with Crippen LogP contribution in [0.3, 0.4) is 0 Å². The molecule has 2 unspecified atom stereocenters. The van der Waals surface area contributed by atoms with Gasteiger partial charge in [-0.1, -0.05) is 31.0 Å². The minimum absolute atomic E-state index is 0.0553. The van der Waals surface area contributed by atoms with Gasteiger partial charge in [0.1, 0.15) is 0 Å². The van der Waals surface area contributed by atoms with E-state index in [1.54, 1.807) is 18.2 Å². The van der Waals surface area contributed by atoms with E-state index in [4.69, 9.17) is 17.3 Å². The summed E-state index contributed by atoms with van der Waals surface area (Å²) in [5, 5.41) is 0.499. The molecule has 0 radical (unpaired) electrons. The van der Waals surface area contributed by atoms with Crippen LogP contribution in [0.2, 0.25) is 5.02 Å². The molecule has 1 aromatic rings. The SMILES string of the molecule is CCC1CC2C(=O)N(Cc3c(N)cccc3Cl)C(=O)C2C1. The van der Waals surface area contributed by atoms with Crippen molar-refractivity contribution in [1.29, 1.82) is 0 Å². The number of hydrogen-bond acceptors (Lipinski definition) is 3. The van der Waals surface area contributed by atoms with Gasteiger partial charge in [-0.2, -0.15) is 0 Å². The van der Waals surface area contributed by atoms with E-state index < -0.39 is 0 Å². The second kappa shape index (κ2) is 5.34. The summed E-state index contributed by atoms with van der Waals surface area (Å²) in [5.41, 5.74) is 7.10. The van der Waals surface area contributed by atoms with Crippen molar-refractivity contribution in [1.82, 2.24) is 4.90 Å². The van der Waals surface area contributed by atoms with Crippen molar-refractivity contribution in [3.63, 3.8) is 0 Å². The average Bonchev–Trinajstić information content (AvgIpc) is 2.97. The van der Waals surface area contributed by atoms with E-state index in [-0.39, 0.29) is 30.2 Å². The molecule has 1 aliphatic heterocycles. The Balaban J connectivity index is 1.82. The number of anilines is 1. The first-order valence-electron chi connectivity index (χ1n) is 7.41. The monoisotopic (exact) mass is 306 g/mol. The number of nitrogen functional groups attached to an aromatic ring is 1. The molecule has 2 amide bonds. The van der Waals surface area contributed by atoms with Gasteiger partial charge in [-0.3, -0.25) is 14.5 Å². The largest absolute Gasteiger partial charge is 0.398 e. The molecule has 4 nitrogen and oxygen atoms in total. The summed E-state index contributed by atoms with van der Waals surface area (Å²) in [6.07, 6.45) is 2.70. The first-order valence-corrected chi connectivity index (χ1v) is 7.78. The molecule has 3 rings (SSSR count). The standard InChI is InChI=1S/C16H19ClN2O2/c1-2-9-6-10-11(7-9)16(21)19(15(10)20)8-12-13(17)4-3-5-14(12)18/h3-5,9-11H,2,6-8,18H2,1H3. The minimum Gasteiger partial charge on any atom is -0.398 e. The minimum atomic E-state index is -0.133. The van der Waals surface area contributed by atoms with E-state index >= 15 is 0 Å². The number of fused-ring (bicyclic) bond motifs is 1. The van der Waals surface area contributed by atoms with E-state index in [9.17, 15) is 9.59 Å². The van der Waals surface area contributed by atoms with Crippen molar-refractivity contribution >= 4 is 29.1 Å². The number of benzene rings is 1. The molecule has 112 valence electrons. The molecule has 2 fully saturated rings. The summed E-state index contributed by atoms with van der Waals surface area (Å²) in [5.74, 6) is 0.123. The zero-order valence-electron chi connectivity index (χ0n) is 12.0. The Morgan fingerprint density at radius 2 is 1.86 bits per heavy atom. The van der Waals surface area contributed by atoms with Gasteiger partial charge in [-0.05, 0) is 30.9 Å². The van der Waals surface area contributed by atoms with E-state index in [1.165, 1.54) is 4.90 Å². The van der Waals surface area contributed by atoms with Crippen LogP contribution >= 0.6 is 11.6 Å². The van der Waals surface area contributed by atoms with Gasteiger partial charge in [-0.15, -0.1) is 0 Å². The van der Waals surface area contributed by atoms with Gasteiger partial charge in [0.15, 0.2) is 0 Å². The van der Waals surface area contributed by atoms with Gasteiger partial charge in [0.2, 0.25) is 11.8 Å². The van der Waals surface area contributed by atoms with Gasteiger partial charge >= 0.3 is 0 Å². The molecule has 0 bridgehead atoms. The fourth-order valence-electron chi connectivity index (χ4n) is 3.59. The lowest BCUT2D eigenvalue weighted by Gasteiger charge is -2.19. The van der Waals surface area contributed by atoms with Crippen LogP contribution in [0.5, 0.6) is 0 Å². The van der Waals surface area contributed by atoms with Gasteiger partial charge in [0, 0.05) is 16.3 Å². The Labute approximate surface area is 129 Å². The lowest BCUT2D eigenvalue weighted by Crippen LogP contribution is -2.32. The second-order valence-corrected chi connectivity index (χ2v) is 6.44. The van der Waals surface area contributed by atoms with Crippen LogP contribution < -0.4 is 5.73 Å². The van der Waals surface area contributed by atoms with Crippen molar-refractivity contribution in [3.8, 4) is 0 Å². The van der Waals surface area contributed by atoms with Crippen LogP contribution in [0.15, 0.2) is 18.2 Å². The number of imide groups is 1. The fourth-order valence-corrected chi connectivity index (χ4v) is 3.83. The lowest BCUT2D eigenvalue weighted by atomic mass is 10.00. The predicted molar refractivity (Wildman–Crippen MR) is 81.4 cm³/mol. The number of likely N-dealkylation sites (tertiary alicyclic amines) is 1. The van der Waals surface area contributed by atoms with E-state index in [0.717, 1.165) is 19.3 Å². The molecule has 2 N–H and O–H groups in total. The summed E-state index contributed by atoms with van der Waals surface area (Å²) in [6.45, 7) is 2.30. The zero-order chi connectivity index (χ0) is 15.1. The zero-order valence-corrected chi connectivity index (χ0v) is 12.8. The summed E-state index contributed by atoms with van der Waals surface area (Å²) < 4.78 is 0. The van der Waals surface area contributed by atoms with Gasteiger partial charge in [0.25, 0.3) is 0 Å². The van der Waals surface area contributed by atoms with Crippen molar-refractivity contribution in [3.05, 3.63) is 28.8 Å². The Morgan fingerprint density at radius 1 is 1.24 bits per heavy atom. The molecular weight excluding hydrogens is 288 g/mol. The first kappa shape index (κ1) is 14.4. The molecule has 1 aliphatic carbocycles. The highest BCUT2D eigenvalue weighted by Gasteiger charge is 2.52. The molecule has 0 aromatic heterocycles. The molecular formula is C16H19ClN2O2. The average molecular weight is 307 g/mol. The quantitative estimate of drug-likeness (QED) is 0.690. The third-order valence-corrected chi connectivity index (χ3v) is 5.23. The fraction of sp³-hybridized carbons (Fsp3) is 0.500. The molecule has 1 heterocycles. The van der Waals surface area contributed by atoms with Crippen LogP contribution in [0.4, 0.5) is 5.69 Å². The predicted octanol–water partition coefficient (Wildman–Crippen LogP) is 2.84. The Hall–Kier alpha value is -1.55. The highest BCUT2D eigenvalue weighted by atomic mass is 35.5. The van der Waals surface area contributed by atoms with Crippen LogP contribution in [0, 0.1) is 17.8 Å². The molecule has 2 aliphatic rings. The lowest BCUT2D eigenvalue weighted by molar-refractivity contribution is -0.141. The summed E-state index contributed by atoms with van der Waals surface area (Å²) in [4.78, 5) is 26.4. The third kappa shape index (κ3) is 2.31. The molecule has 21 heavy (non-hydrogen) atoms. The third-order valence-electron chi connectivity index (χ3n) is 4.88. The summed E-state index contributed by atoms with van der Waals surface area (Å²) in [6, 6.07) is 5.22. The number of nitrogens with zero attached hydrogens (tertiary/aromatic N) is 1. The molecule has 0 spiro atoms. The number of halogens is 1. The number of hydrogen-bond donors (Lipinski definition) is 1. The number of carbonyl (C=O) groups excluding carboxylic acids is 2. The highest BCUT2D eigenvalue weighted by molar-refractivity contribution is 6.31.